The van der Waals surface area contributed by atoms with Gasteiger partial charge in [-0.25, -0.2) is 0 Å². The Morgan fingerprint density at radius 3 is 2.73 bits per heavy atom. The monoisotopic (exact) mass is 210 g/mol. The molecule has 0 aromatic carbocycles. The van der Waals surface area contributed by atoms with Gasteiger partial charge < -0.3 is 15.2 Å². The van der Waals surface area contributed by atoms with Crippen molar-refractivity contribution in [3.05, 3.63) is 11.8 Å². The van der Waals surface area contributed by atoms with Crippen LogP contribution in [0.5, 0.6) is 0 Å². The van der Waals surface area contributed by atoms with Gasteiger partial charge >= 0.3 is 0 Å². The van der Waals surface area contributed by atoms with Crippen molar-refractivity contribution in [2.45, 2.75) is 6.54 Å². The molecule has 0 aliphatic carbocycles. The molecule has 6 heteroatoms. The molecule has 2 heterocycles. The van der Waals surface area contributed by atoms with Gasteiger partial charge in [0.1, 0.15) is 0 Å². The van der Waals surface area contributed by atoms with Crippen molar-refractivity contribution in [3.8, 4) is 0 Å². The van der Waals surface area contributed by atoms with E-state index in [0.717, 1.165) is 38.3 Å². The van der Waals surface area contributed by atoms with E-state index in [0.29, 0.717) is 12.4 Å². The summed E-state index contributed by atoms with van der Waals surface area (Å²) in [6.07, 6.45) is 0.893. The highest BCUT2D eigenvalue weighted by Gasteiger charge is 2.16. The molecule has 1 aliphatic rings. The number of carbonyl (C=O) groups is 1. The van der Waals surface area contributed by atoms with Crippen molar-refractivity contribution in [1.29, 1.82) is 0 Å². The van der Waals surface area contributed by atoms with Crippen LogP contribution in [-0.2, 0) is 11.3 Å². The van der Waals surface area contributed by atoms with E-state index in [9.17, 15) is 4.79 Å². The summed E-state index contributed by atoms with van der Waals surface area (Å²) in [5.74, 6) is 1.18. The number of hydrogen-bond acceptors (Lipinski definition) is 5. The molecule has 0 unspecified atom stereocenters. The third-order valence-electron chi connectivity index (χ3n) is 2.51. The molecule has 1 aliphatic heterocycles. The third-order valence-corrected chi connectivity index (χ3v) is 2.51. The molecule has 15 heavy (non-hydrogen) atoms. The second kappa shape index (κ2) is 4.31. The predicted octanol–water partition coefficient (Wildman–Crippen LogP) is -0.469. The topological polar surface area (TPSA) is 75.6 Å². The number of nitrogens with zero attached hydrogens (tertiary/aromatic N) is 3. The fourth-order valence-corrected chi connectivity index (χ4v) is 1.65. The summed E-state index contributed by atoms with van der Waals surface area (Å²) in [7, 11) is 0. The molecule has 0 saturated carbocycles. The average Bonchev–Trinajstić information content (AvgIpc) is 2.65. The highest BCUT2D eigenvalue weighted by atomic mass is 16.5. The van der Waals surface area contributed by atoms with Crippen LogP contribution in [0.25, 0.3) is 0 Å². The minimum absolute atomic E-state index is 0.413. The van der Waals surface area contributed by atoms with Crippen LogP contribution in [0, 0.1) is 0 Å². The van der Waals surface area contributed by atoms with Crippen LogP contribution in [0.4, 0.5) is 5.82 Å². The van der Waals surface area contributed by atoms with Crippen LogP contribution in [0.1, 0.15) is 5.76 Å². The van der Waals surface area contributed by atoms with Crippen molar-refractivity contribution in [3.63, 3.8) is 0 Å². The van der Waals surface area contributed by atoms with Crippen LogP contribution >= 0.6 is 0 Å². The Balaban J connectivity index is 1.84. The zero-order valence-corrected chi connectivity index (χ0v) is 8.43. The van der Waals surface area contributed by atoms with Crippen LogP contribution < -0.4 is 5.73 Å². The van der Waals surface area contributed by atoms with Gasteiger partial charge in [0, 0.05) is 32.2 Å². The van der Waals surface area contributed by atoms with Crippen LogP contribution in [0.15, 0.2) is 10.6 Å². The molecule has 0 atom stereocenters. The quantitative estimate of drug-likeness (QED) is 0.683. The molecule has 82 valence electrons. The molecule has 0 radical (unpaired) electrons. The lowest BCUT2D eigenvalue weighted by Crippen LogP contribution is -2.45. The zero-order valence-electron chi connectivity index (χ0n) is 8.43. The van der Waals surface area contributed by atoms with Gasteiger partial charge in [0.15, 0.2) is 11.6 Å². The minimum atomic E-state index is 0.413. The Bertz CT molecular complexity index is 331. The number of nitrogen functional groups attached to an aromatic ring is 1. The molecule has 1 fully saturated rings. The summed E-state index contributed by atoms with van der Waals surface area (Å²) in [5, 5.41) is 3.62. The van der Waals surface area contributed by atoms with Crippen LogP contribution in [0.2, 0.25) is 0 Å². The number of rotatable bonds is 3. The number of nitrogens with two attached hydrogens (primary N) is 1. The second-order valence-electron chi connectivity index (χ2n) is 3.64. The first-order valence-corrected chi connectivity index (χ1v) is 4.90. The number of anilines is 1. The summed E-state index contributed by atoms with van der Waals surface area (Å²) >= 11 is 0. The third kappa shape index (κ3) is 2.47. The van der Waals surface area contributed by atoms with Gasteiger partial charge in [-0.15, -0.1) is 0 Å². The maximum absolute atomic E-state index is 10.5. The Morgan fingerprint density at radius 2 is 2.20 bits per heavy atom. The maximum Gasteiger partial charge on any atom is 0.209 e. The summed E-state index contributed by atoms with van der Waals surface area (Å²) in [4.78, 5) is 14.5. The Hall–Kier alpha value is -1.56. The molecule has 6 nitrogen and oxygen atoms in total. The molecule has 2 N–H and O–H groups in total. The van der Waals surface area contributed by atoms with E-state index in [-0.39, 0.29) is 0 Å². The highest BCUT2D eigenvalue weighted by molar-refractivity contribution is 5.47. The zero-order chi connectivity index (χ0) is 10.7. The van der Waals surface area contributed by atoms with Crippen molar-refractivity contribution >= 4 is 12.2 Å². The predicted molar refractivity (Wildman–Crippen MR) is 53.8 cm³/mol. The van der Waals surface area contributed by atoms with Gasteiger partial charge in [0.05, 0.1) is 6.54 Å². The lowest BCUT2D eigenvalue weighted by atomic mass is 10.3. The van der Waals surface area contributed by atoms with Crippen molar-refractivity contribution in [2.24, 2.45) is 0 Å². The van der Waals surface area contributed by atoms with E-state index in [4.69, 9.17) is 10.3 Å². The van der Waals surface area contributed by atoms with Gasteiger partial charge in [0.2, 0.25) is 6.41 Å². The van der Waals surface area contributed by atoms with Gasteiger partial charge in [0.25, 0.3) is 0 Å². The van der Waals surface area contributed by atoms with Gasteiger partial charge in [-0.05, 0) is 0 Å². The van der Waals surface area contributed by atoms with Gasteiger partial charge in [-0.2, -0.15) is 0 Å². The number of carbonyl (C=O) groups excluding carboxylic acids is 1. The van der Waals surface area contributed by atoms with E-state index in [1.54, 1.807) is 11.0 Å². The molecule has 1 saturated heterocycles. The molecule has 1 aromatic heterocycles. The smallest absolute Gasteiger partial charge is 0.209 e. The van der Waals surface area contributed by atoms with Crippen molar-refractivity contribution in [1.82, 2.24) is 15.0 Å². The first-order valence-electron chi connectivity index (χ1n) is 4.90. The van der Waals surface area contributed by atoms with E-state index in [2.05, 4.69) is 10.1 Å². The number of aromatic nitrogens is 1. The number of amides is 1. The molecule has 1 amide bonds. The lowest BCUT2D eigenvalue weighted by Gasteiger charge is -2.31. The molecule has 2 rings (SSSR count). The molecule has 0 spiro atoms. The normalized spacial score (nSPS) is 18.0. The second-order valence-corrected chi connectivity index (χ2v) is 3.64. The fourth-order valence-electron chi connectivity index (χ4n) is 1.65. The molecular weight excluding hydrogens is 196 g/mol. The minimum Gasteiger partial charge on any atom is -0.381 e. The summed E-state index contributed by atoms with van der Waals surface area (Å²) < 4.78 is 5.02. The largest absolute Gasteiger partial charge is 0.381 e. The van der Waals surface area contributed by atoms with Crippen molar-refractivity contribution < 1.29 is 9.32 Å². The standard InChI is InChI=1S/C9H14N4O2/c10-9-5-8(15-11-9)6-12-1-3-13(7-14)4-2-12/h5,7H,1-4,6H2,(H2,10,11). The molecular formula is C9H14N4O2. The summed E-state index contributed by atoms with van der Waals surface area (Å²) in [5.41, 5.74) is 5.45. The first kappa shape index (κ1) is 9.97. The Morgan fingerprint density at radius 1 is 1.47 bits per heavy atom. The maximum atomic E-state index is 10.5. The van der Waals surface area contributed by atoms with E-state index in [1.807, 2.05) is 0 Å². The summed E-state index contributed by atoms with van der Waals surface area (Å²) in [6, 6.07) is 1.73. The fraction of sp³-hybridized carbons (Fsp3) is 0.556. The van der Waals surface area contributed by atoms with Gasteiger partial charge in [-0.3, -0.25) is 9.69 Å². The molecule has 1 aromatic rings. The molecule has 0 bridgehead atoms. The Labute approximate surface area is 87.6 Å². The van der Waals surface area contributed by atoms with Gasteiger partial charge in [-0.1, -0.05) is 5.16 Å². The SMILES string of the molecule is Nc1cc(CN2CCN(C=O)CC2)on1. The average molecular weight is 210 g/mol. The lowest BCUT2D eigenvalue weighted by molar-refractivity contribution is -0.119. The Kier molecular flexibility index (Phi) is 2.86. The first-order chi connectivity index (χ1) is 7.28. The van der Waals surface area contributed by atoms with Crippen LogP contribution in [0.3, 0.4) is 0 Å². The number of piperazine rings is 1. The van der Waals surface area contributed by atoms with E-state index in [1.165, 1.54) is 0 Å². The summed E-state index contributed by atoms with van der Waals surface area (Å²) in [6.45, 7) is 3.97. The number of hydrogen-bond donors (Lipinski definition) is 1. The van der Waals surface area contributed by atoms with Crippen molar-refractivity contribution in [2.75, 3.05) is 31.9 Å². The van der Waals surface area contributed by atoms with Crippen LogP contribution in [-0.4, -0.2) is 47.5 Å². The van der Waals surface area contributed by atoms with E-state index >= 15 is 0 Å². The highest BCUT2D eigenvalue weighted by Crippen LogP contribution is 2.09. The van der Waals surface area contributed by atoms with E-state index < -0.39 is 0 Å².